The molecule has 0 unspecified atom stereocenters. The molecule has 0 aliphatic heterocycles. The van der Waals surface area contributed by atoms with Gasteiger partial charge in [-0.2, -0.15) is 0 Å². The quantitative estimate of drug-likeness (QED) is 0.872. The van der Waals surface area contributed by atoms with Gasteiger partial charge in [-0.05, 0) is 18.2 Å². The predicted octanol–water partition coefficient (Wildman–Crippen LogP) is 1.77. The highest BCUT2D eigenvalue weighted by molar-refractivity contribution is 6.30. The molecular weight excluding hydrogens is 233 g/mol. The summed E-state index contributed by atoms with van der Waals surface area (Å²) in [5, 5.41) is 16.8. The zero-order valence-corrected chi connectivity index (χ0v) is 9.24. The van der Waals surface area contributed by atoms with Gasteiger partial charge in [0.05, 0.1) is 5.56 Å². The van der Waals surface area contributed by atoms with E-state index in [2.05, 4.69) is 10.2 Å². The second kappa shape index (κ2) is 4.19. The molecule has 0 aliphatic carbocycles. The highest BCUT2D eigenvalue weighted by Crippen LogP contribution is 2.23. The number of halogens is 2. The molecule has 6 heteroatoms. The van der Waals surface area contributed by atoms with Crippen molar-refractivity contribution >= 4 is 11.6 Å². The first-order valence-corrected chi connectivity index (χ1v) is 4.96. The van der Waals surface area contributed by atoms with Crippen molar-refractivity contribution in [2.75, 3.05) is 0 Å². The van der Waals surface area contributed by atoms with Gasteiger partial charge in [0.1, 0.15) is 12.4 Å². The van der Waals surface area contributed by atoms with Gasteiger partial charge in [0.25, 0.3) is 0 Å². The Morgan fingerprint density at radius 3 is 2.75 bits per heavy atom. The third kappa shape index (κ3) is 1.79. The number of benzene rings is 1. The van der Waals surface area contributed by atoms with Crippen LogP contribution >= 0.6 is 11.6 Å². The highest BCUT2D eigenvalue weighted by Gasteiger charge is 2.13. The summed E-state index contributed by atoms with van der Waals surface area (Å²) >= 11 is 5.65. The van der Waals surface area contributed by atoms with Crippen molar-refractivity contribution in [1.82, 2.24) is 14.8 Å². The van der Waals surface area contributed by atoms with Crippen LogP contribution in [-0.4, -0.2) is 19.9 Å². The third-order valence-electron chi connectivity index (χ3n) is 2.28. The van der Waals surface area contributed by atoms with Gasteiger partial charge in [0.15, 0.2) is 11.6 Å². The van der Waals surface area contributed by atoms with E-state index in [4.69, 9.17) is 16.7 Å². The van der Waals surface area contributed by atoms with Gasteiger partial charge in [-0.25, -0.2) is 4.39 Å². The van der Waals surface area contributed by atoms with Gasteiger partial charge in [-0.1, -0.05) is 11.6 Å². The van der Waals surface area contributed by atoms with Crippen molar-refractivity contribution in [1.29, 1.82) is 0 Å². The zero-order valence-electron chi connectivity index (χ0n) is 8.48. The number of aromatic nitrogens is 3. The van der Waals surface area contributed by atoms with E-state index in [1.165, 1.54) is 16.7 Å². The maximum absolute atomic E-state index is 13.6. The fourth-order valence-corrected chi connectivity index (χ4v) is 1.56. The van der Waals surface area contributed by atoms with E-state index in [1.54, 1.807) is 13.1 Å². The Morgan fingerprint density at radius 2 is 2.19 bits per heavy atom. The molecule has 84 valence electrons. The molecule has 1 aromatic heterocycles. The summed E-state index contributed by atoms with van der Waals surface area (Å²) < 4.78 is 15.1. The molecule has 0 radical (unpaired) electrons. The summed E-state index contributed by atoms with van der Waals surface area (Å²) in [5.41, 5.74) is 0.305. The molecule has 1 N–H and O–H groups in total. The summed E-state index contributed by atoms with van der Waals surface area (Å²) in [6, 6.07) is 4.32. The van der Waals surface area contributed by atoms with Crippen molar-refractivity contribution in [3.8, 4) is 11.4 Å². The average molecular weight is 242 g/mol. The van der Waals surface area contributed by atoms with Crippen molar-refractivity contribution in [2.45, 2.75) is 6.61 Å². The van der Waals surface area contributed by atoms with Gasteiger partial charge >= 0.3 is 0 Å². The molecule has 1 heterocycles. The summed E-state index contributed by atoms with van der Waals surface area (Å²) in [4.78, 5) is 0. The Bertz CT molecular complexity index is 527. The van der Waals surface area contributed by atoms with Crippen LogP contribution in [0.25, 0.3) is 11.4 Å². The van der Waals surface area contributed by atoms with Crippen molar-refractivity contribution < 1.29 is 9.50 Å². The van der Waals surface area contributed by atoms with Gasteiger partial charge in [0.2, 0.25) is 0 Å². The van der Waals surface area contributed by atoms with Crippen LogP contribution in [0.5, 0.6) is 0 Å². The lowest BCUT2D eigenvalue weighted by molar-refractivity contribution is 0.267. The number of nitrogens with zero attached hydrogens (tertiary/aromatic N) is 3. The summed E-state index contributed by atoms with van der Waals surface area (Å²) in [7, 11) is 1.66. The monoisotopic (exact) mass is 241 g/mol. The molecule has 0 amide bonds. The van der Waals surface area contributed by atoms with Crippen LogP contribution in [0.1, 0.15) is 5.82 Å². The molecular formula is C10H9ClFN3O. The topological polar surface area (TPSA) is 50.9 Å². The lowest BCUT2D eigenvalue weighted by Crippen LogP contribution is -2.00. The lowest BCUT2D eigenvalue weighted by Gasteiger charge is -2.03. The largest absolute Gasteiger partial charge is 0.388 e. The van der Waals surface area contributed by atoms with Crippen LogP contribution in [0.3, 0.4) is 0 Å². The van der Waals surface area contributed by atoms with Gasteiger partial charge in [-0.3, -0.25) is 0 Å². The minimum absolute atomic E-state index is 0.237. The van der Waals surface area contributed by atoms with Crippen LogP contribution in [-0.2, 0) is 13.7 Å². The molecule has 0 aliphatic rings. The number of aliphatic hydroxyl groups excluding tert-OH is 1. The summed E-state index contributed by atoms with van der Waals surface area (Å²) in [6.07, 6.45) is 0. The maximum Gasteiger partial charge on any atom is 0.166 e. The number of rotatable bonds is 2. The standard InChI is InChI=1S/C10H9ClFN3O/c1-15-9(5-16)13-14-10(15)7-3-2-6(11)4-8(7)12/h2-4,16H,5H2,1H3. The van der Waals surface area contributed by atoms with E-state index in [0.29, 0.717) is 22.2 Å². The van der Waals surface area contributed by atoms with Crippen LogP contribution in [0, 0.1) is 5.82 Å². The van der Waals surface area contributed by atoms with E-state index in [9.17, 15) is 4.39 Å². The SMILES string of the molecule is Cn1c(CO)nnc1-c1ccc(Cl)cc1F. The molecule has 0 bridgehead atoms. The molecule has 2 aromatic rings. The molecule has 0 atom stereocenters. The first-order valence-electron chi connectivity index (χ1n) is 4.58. The molecule has 16 heavy (non-hydrogen) atoms. The third-order valence-corrected chi connectivity index (χ3v) is 2.51. The van der Waals surface area contributed by atoms with Crippen LogP contribution in [0.15, 0.2) is 18.2 Å². The fraction of sp³-hybridized carbons (Fsp3) is 0.200. The van der Waals surface area contributed by atoms with Gasteiger partial charge in [0, 0.05) is 12.1 Å². The minimum Gasteiger partial charge on any atom is -0.388 e. The van der Waals surface area contributed by atoms with E-state index in [0.717, 1.165) is 0 Å². The molecule has 2 rings (SSSR count). The number of hydrogen-bond acceptors (Lipinski definition) is 3. The van der Waals surface area contributed by atoms with E-state index in [1.807, 2.05) is 0 Å². The Labute approximate surface area is 96.3 Å². The maximum atomic E-state index is 13.6. The Balaban J connectivity index is 2.54. The van der Waals surface area contributed by atoms with Crippen LogP contribution < -0.4 is 0 Å². The van der Waals surface area contributed by atoms with Crippen molar-refractivity contribution in [2.24, 2.45) is 7.05 Å². The Hall–Kier alpha value is -1.46. The van der Waals surface area contributed by atoms with E-state index in [-0.39, 0.29) is 6.61 Å². The Kier molecular flexibility index (Phi) is 2.89. The lowest BCUT2D eigenvalue weighted by atomic mass is 10.2. The fourth-order valence-electron chi connectivity index (χ4n) is 1.40. The average Bonchev–Trinajstić information content (AvgIpc) is 2.60. The zero-order chi connectivity index (χ0) is 11.7. The number of aliphatic hydroxyl groups is 1. The van der Waals surface area contributed by atoms with Crippen LogP contribution in [0.4, 0.5) is 4.39 Å². The molecule has 0 saturated heterocycles. The highest BCUT2D eigenvalue weighted by atomic mass is 35.5. The normalized spacial score (nSPS) is 10.8. The molecule has 0 spiro atoms. The Morgan fingerprint density at radius 1 is 1.44 bits per heavy atom. The second-order valence-electron chi connectivity index (χ2n) is 3.28. The van der Waals surface area contributed by atoms with Crippen molar-refractivity contribution in [3.63, 3.8) is 0 Å². The molecule has 4 nitrogen and oxygen atoms in total. The predicted molar refractivity (Wildman–Crippen MR) is 57.3 cm³/mol. The molecule has 1 aromatic carbocycles. The van der Waals surface area contributed by atoms with Crippen molar-refractivity contribution in [3.05, 3.63) is 34.9 Å². The summed E-state index contributed by atoms with van der Waals surface area (Å²) in [6.45, 7) is -0.237. The number of hydrogen-bond donors (Lipinski definition) is 1. The minimum atomic E-state index is -0.465. The van der Waals surface area contributed by atoms with Gasteiger partial charge < -0.3 is 9.67 Å². The van der Waals surface area contributed by atoms with E-state index < -0.39 is 5.82 Å². The molecule has 0 fully saturated rings. The smallest absolute Gasteiger partial charge is 0.166 e. The first-order chi connectivity index (χ1) is 7.63. The van der Waals surface area contributed by atoms with E-state index >= 15 is 0 Å². The summed E-state index contributed by atoms with van der Waals surface area (Å²) in [5.74, 6) is 0.273. The second-order valence-corrected chi connectivity index (χ2v) is 3.72. The first kappa shape index (κ1) is 11.0. The molecule has 0 saturated carbocycles. The van der Waals surface area contributed by atoms with Crippen LogP contribution in [0.2, 0.25) is 5.02 Å². The van der Waals surface area contributed by atoms with Gasteiger partial charge in [-0.15, -0.1) is 10.2 Å².